The highest BCUT2D eigenvalue weighted by Crippen LogP contribution is 2.27. The van der Waals surface area contributed by atoms with Crippen molar-refractivity contribution in [2.75, 3.05) is 7.05 Å². The first-order valence-electron chi connectivity index (χ1n) is 5.01. The van der Waals surface area contributed by atoms with Gasteiger partial charge in [-0.05, 0) is 36.0 Å². The van der Waals surface area contributed by atoms with Crippen LogP contribution in [0.3, 0.4) is 0 Å². The second-order valence-electron chi connectivity index (χ2n) is 3.45. The first-order valence-corrected chi connectivity index (χ1v) is 6.18. The van der Waals surface area contributed by atoms with E-state index in [1.54, 1.807) is 10.9 Å². The zero-order valence-corrected chi connectivity index (χ0v) is 11.7. The quantitative estimate of drug-likeness (QED) is 0.881. The average molecular weight is 317 g/mol. The minimum absolute atomic E-state index is 0.408. The lowest BCUT2D eigenvalue weighted by atomic mass is 10.4. The summed E-state index contributed by atoms with van der Waals surface area (Å²) < 4.78 is 2.47. The summed E-state index contributed by atoms with van der Waals surface area (Å²) in [6.45, 7) is 2.49. The number of pyridine rings is 1. The van der Waals surface area contributed by atoms with E-state index in [9.17, 15) is 0 Å². The molecular weight excluding hydrogens is 306 g/mol. The van der Waals surface area contributed by atoms with Crippen LogP contribution in [0.15, 0.2) is 16.7 Å². The maximum atomic E-state index is 5.96. The molecule has 0 aliphatic carbocycles. The van der Waals surface area contributed by atoms with Gasteiger partial charge in [0.2, 0.25) is 0 Å². The average Bonchev–Trinajstić information content (AvgIpc) is 2.64. The fourth-order valence-electron chi connectivity index (χ4n) is 1.50. The summed E-state index contributed by atoms with van der Waals surface area (Å²) in [6.07, 6.45) is 1.64. The van der Waals surface area contributed by atoms with Gasteiger partial charge in [0.25, 0.3) is 0 Å². The van der Waals surface area contributed by atoms with Gasteiger partial charge < -0.3 is 5.32 Å². The second-order valence-corrected chi connectivity index (χ2v) is 4.60. The first-order chi connectivity index (χ1) is 8.13. The standard InChI is InChI=1S/C10H11BrClN5/c1-6-15-8(5-13-2)17(16-6)7-3-4-14-10(12)9(7)11/h3-4,13H,5H2,1-2H3. The van der Waals surface area contributed by atoms with Crippen molar-refractivity contribution in [3.8, 4) is 5.69 Å². The third-order valence-electron chi connectivity index (χ3n) is 2.17. The SMILES string of the molecule is CNCc1nc(C)nn1-c1ccnc(Cl)c1Br. The van der Waals surface area contributed by atoms with Crippen LogP contribution in [0.25, 0.3) is 5.69 Å². The summed E-state index contributed by atoms with van der Waals surface area (Å²) in [5, 5.41) is 7.81. The molecule has 0 bridgehead atoms. The summed E-state index contributed by atoms with van der Waals surface area (Å²) in [5.41, 5.74) is 0.829. The number of rotatable bonds is 3. The summed E-state index contributed by atoms with van der Waals surface area (Å²) in [7, 11) is 1.86. The fraction of sp³-hybridized carbons (Fsp3) is 0.300. The Hall–Kier alpha value is -0.980. The Balaban J connectivity index is 2.55. The van der Waals surface area contributed by atoms with Gasteiger partial charge in [0.05, 0.1) is 16.7 Å². The molecule has 0 atom stereocenters. The van der Waals surface area contributed by atoms with E-state index in [4.69, 9.17) is 11.6 Å². The Morgan fingerprint density at radius 2 is 2.29 bits per heavy atom. The Kier molecular flexibility index (Phi) is 3.76. The summed E-state index contributed by atoms with van der Waals surface area (Å²) in [5.74, 6) is 1.54. The highest BCUT2D eigenvalue weighted by Gasteiger charge is 2.13. The van der Waals surface area contributed by atoms with E-state index in [0.29, 0.717) is 16.2 Å². The molecule has 0 unspecified atom stereocenters. The van der Waals surface area contributed by atoms with Crippen LogP contribution in [-0.2, 0) is 6.54 Å². The number of aryl methyl sites for hydroxylation is 1. The predicted molar refractivity (Wildman–Crippen MR) is 69.4 cm³/mol. The lowest BCUT2D eigenvalue weighted by Gasteiger charge is -2.07. The van der Waals surface area contributed by atoms with Crippen molar-refractivity contribution in [2.24, 2.45) is 0 Å². The van der Waals surface area contributed by atoms with Gasteiger partial charge in [0, 0.05) is 6.20 Å². The number of aromatic nitrogens is 4. The van der Waals surface area contributed by atoms with Gasteiger partial charge in [0.1, 0.15) is 16.8 Å². The third kappa shape index (κ3) is 2.48. The molecule has 2 aromatic rings. The number of nitrogens with one attached hydrogen (secondary N) is 1. The van der Waals surface area contributed by atoms with Crippen LogP contribution in [0, 0.1) is 6.92 Å². The molecule has 1 N–H and O–H groups in total. The van der Waals surface area contributed by atoms with Crippen molar-refractivity contribution in [2.45, 2.75) is 13.5 Å². The van der Waals surface area contributed by atoms with E-state index < -0.39 is 0 Å². The van der Waals surface area contributed by atoms with E-state index in [-0.39, 0.29) is 0 Å². The van der Waals surface area contributed by atoms with Gasteiger partial charge in [0.15, 0.2) is 0 Å². The van der Waals surface area contributed by atoms with Gasteiger partial charge in [-0.3, -0.25) is 0 Å². The highest BCUT2D eigenvalue weighted by molar-refractivity contribution is 9.10. The van der Waals surface area contributed by atoms with Crippen LogP contribution in [0.2, 0.25) is 5.15 Å². The zero-order chi connectivity index (χ0) is 12.4. The number of hydrogen-bond donors (Lipinski definition) is 1. The Labute approximate surface area is 112 Å². The van der Waals surface area contributed by atoms with Crippen LogP contribution in [-0.4, -0.2) is 26.8 Å². The monoisotopic (exact) mass is 315 g/mol. The molecule has 0 radical (unpaired) electrons. The number of hydrogen-bond acceptors (Lipinski definition) is 4. The van der Waals surface area contributed by atoms with Crippen LogP contribution in [0.5, 0.6) is 0 Å². The predicted octanol–water partition coefficient (Wildman–Crippen LogP) is 2.11. The van der Waals surface area contributed by atoms with E-state index in [0.717, 1.165) is 17.3 Å². The fourth-order valence-corrected chi connectivity index (χ4v) is 2.05. The van der Waals surface area contributed by atoms with Crippen molar-refractivity contribution < 1.29 is 0 Å². The van der Waals surface area contributed by atoms with E-state index >= 15 is 0 Å². The van der Waals surface area contributed by atoms with Crippen molar-refractivity contribution in [1.82, 2.24) is 25.1 Å². The maximum absolute atomic E-state index is 5.96. The molecule has 0 aliphatic heterocycles. The molecule has 17 heavy (non-hydrogen) atoms. The van der Waals surface area contributed by atoms with E-state index in [1.165, 1.54) is 0 Å². The molecule has 2 heterocycles. The van der Waals surface area contributed by atoms with Crippen LogP contribution in [0.4, 0.5) is 0 Å². The molecule has 0 spiro atoms. The molecule has 90 valence electrons. The van der Waals surface area contributed by atoms with Crippen molar-refractivity contribution in [1.29, 1.82) is 0 Å². The maximum Gasteiger partial charge on any atom is 0.148 e. The third-order valence-corrected chi connectivity index (χ3v) is 3.47. The lowest BCUT2D eigenvalue weighted by molar-refractivity contribution is 0.710. The van der Waals surface area contributed by atoms with Gasteiger partial charge in [-0.2, -0.15) is 5.10 Å². The van der Waals surface area contributed by atoms with Crippen molar-refractivity contribution >= 4 is 27.5 Å². The van der Waals surface area contributed by atoms with Crippen molar-refractivity contribution in [3.63, 3.8) is 0 Å². The smallest absolute Gasteiger partial charge is 0.148 e. The normalized spacial score (nSPS) is 10.8. The molecule has 2 rings (SSSR count). The molecule has 7 heteroatoms. The molecule has 5 nitrogen and oxygen atoms in total. The molecule has 0 aromatic carbocycles. The molecule has 2 aromatic heterocycles. The highest BCUT2D eigenvalue weighted by atomic mass is 79.9. The first kappa shape index (κ1) is 12.5. The van der Waals surface area contributed by atoms with E-state index in [2.05, 4.69) is 36.3 Å². The number of nitrogens with zero attached hydrogens (tertiary/aromatic N) is 4. The Morgan fingerprint density at radius 1 is 1.53 bits per heavy atom. The van der Waals surface area contributed by atoms with Crippen LogP contribution < -0.4 is 5.32 Å². The molecule has 0 aliphatic rings. The van der Waals surface area contributed by atoms with Crippen molar-refractivity contribution in [3.05, 3.63) is 33.5 Å². The van der Waals surface area contributed by atoms with Gasteiger partial charge in [-0.1, -0.05) is 11.6 Å². The molecule has 0 fully saturated rings. The number of halogens is 2. The molecule has 0 saturated heterocycles. The lowest BCUT2D eigenvalue weighted by Crippen LogP contribution is -2.12. The molecular formula is C10H11BrClN5. The summed E-state index contributed by atoms with van der Waals surface area (Å²) >= 11 is 9.37. The zero-order valence-electron chi connectivity index (χ0n) is 9.41. The van der Waals surface area contributed by atoms with Gasteiger partial charge in [-0.25, -0.2) is 14.6 Å². The Bertz CT molecular complexity index is 539. The summed E-state index contributed by atoms with van der Waals surface area (Å²) in [4.78, 5) is 8.34. The van der Waals surface area contributed by atoms with Crippen LogP contribution >= 0.6 is 27.5 Å². The van der Waals surface area contributed by atoms with Crippen LogP contribution in [0.1, 0.15) is 11.6 Å². The minimum Gasteiger partial charge on any atom is -0.313 e. The molecule has 0 saturated carbocycles. The van der Waals surface area contributed by atoms with E-state index in [1.807, 2.05) is 20.0 Å². The minimum atomic E-state index is 0.408. The topological polar surface area (TPSA) is 55.6 Å². The molecule has 0 amide bonds. The van der Waals surface area contributed by atoms with Gasteiger partial charge in [-0.15, -0.1) is 0 Å². The second kappa shape index (κ2) is 5.12. The largest absolute Gasteiger partial charge is 0.313 e. The summed E-state index contributed by atoms with van der Waals surface area (Å²) in [6, 6.07) is 1.84. The van der Waals surface area contributed by atoms with Gasteiger partial charge >= 0.3 is 0 Å². The Morgan fingerprint density at radius 3 is 3.00 bits per heavy atom.